The van der Waals surface area contributed by atoms with Crippen LogP contribution in [-0.2, 0) is 22.4 Å². The molecule has 1 aromatic carbocycles. The number of amides is 1. The number of rotatable bonds is 5. The number of hydrogen-bond acceptors (Lipinski definition) is 3. The minimum absolute atomic E-state index is 0.0391. The third-order valence-corrected chi connectivity index (χ3v) is 5.09. The molecule has 128 valence electrons. The van der Waals surface area contributed by atoms with Gasteiger partial charge in [-0.15, -0.1) is 0 Å². The van der Waals surface area contributed by atoms with Gasteiger partial charge in [0.25, 0.3) is 0 Å². The Balaban J connectivity index is 1.59. The van der Waals surface area contributed by atoms with E-state index in [4.69, 9.17) is 5.11 Å². The third kappa shape index (κ3) is 3.50. The van der Waals surface area contributed by atoms with Gasteiger partial charge in [-0.3, -0.25) is 9.59 Å². The Morgan fingerprint density at radius 3 is 2.54 bits per heavy atom. The first-order chi connectivity index (χ1) is 11.6. The molecule has 1 aliphatic carbocycles. The smallest absolute Gasteiger partial charge is 0.326 e. The van der Waals surface area contributed by atoms with E-state index in [1.165, 1.54) is 22.4 Å². The summed E-state index contributed by atoms with van der Waals surface area (Å²) in [5.41, 5.74) is 3.25. The lowest BCUT2D eigenvalue weighted by molar-refractivity contribution is -0.148. The maximum atomic E-state index is 12.4. The second kappa shape index (κ2) is 7.16. The fraction of sp³-hybridized carbons (Fsp3) is 0.526. The van der Waals surface area contributed by atoms with E-state index in [-0.39, 0.29) is 24.5 Å². The van der Waals surface area contributed by atoms with Crippen LogP contribution in [0.3, 0.4) is 0 Å². The van der Waals surface area contributed by atoms with Gasteiger partial charge in [0.05, 0.1) is 0 Å². The zero-order valence-electron chi connectivity index (χ0n) is 13.8. The van der Waals surface area contributed by atoms with Gasteiger partial charge in [0.15, 0.2) is 5.78 Å². The minimum atomic E-state index is -0.957. The maximum Gasteiger partial charge on any atom is 0.326 e. The van der Waals surface area contributed by atoms with Crippen molar-refractivity contribution in [1.82, 2.24) is 4.90 Å². The summed E-state index contributed by atoms with van der Waals surface area (Å²) in [6.45, 7) is 0.475. The van der Waals surface area contributed by atoms with Gasteiger partial charge < -0.3 is 10.0 Å². The molecule has 1 atom stereocenters. The van der Waals surface area contributed by atoms with E-state index >= 15 is 0 Å². The minimum Gasteiger partial charge on any atom is -0.480 e. The number of fused-ring (bicyclic) bond motifs is 1. The molecule has 1 aliphatic heterocycles. The normalized spacial score (nSPS) is 19.8. The van der Waals surface area contributed by atoms with Gasteiger partial charge in [0.1, 0.15) is 6.04 Å². The molecule has 1 N–H and O–H groups in total. The Hall–Kier alpha value is -2.17. The van der Waals surface area contributed by atoms with Crippen molar-refractivity contribution in [3.8, 4) is 0 Å². The van der Waals surface area contributed by atoms with Crippen LogP contribution in [0.15, 0.2) is 18.2 Å². The molecule has 0 aromatic heterocycles. The van der Waals surface area contributed by atoms with Crippen LogP contribution in [0.2, 0.25) is 0 Å². The lowest BCUT2D eigenvalue weighted by Crippen LogP contribution is -2.40. The average Bonchev–Trinajstić information content (AvgIpc) is 3.09. The summed E-state index contributed by atoms with van der Waals surface area (Å²) < 4.78 is 0. The van der Waals surface area contributed by atoms with Crippen molar-refractivity contribution in [3.63, 3.8) is 0 Å². The number of aliphatic carboxylic acids is 1. The molecule has 0 spiro atoms. The molecule has 1 unspecified atom stereocenters. The molecular formula is C19H23NO4. The zero-order valence-corrected chi connectivity index (χ0v) is 13.8. The number of carboxylic acid groups (broad SMARTS) is 1. The Labute approximate surface area is 141 Å². The highest BCUT2D eigenvalue weighted by Crippen LogP contribution is 2.23. The number of hydrogen-bond donors (Lipinski definition) is 1. The molecule has 1 aromatic rings. The van der Waals surface area contributed by atoms with Crippen LogP contribution >= 0.6 is 0 Å². The lowest BCUT2D eigenvalue weighted by atomic mass is 9.89. The maximum absolute atomic E-state index is 12.4. The van der Waals surface area contributed by atoms with E-state index < -0.39 is 12.0 Å². The standard InChI is InChI=1S/C19H23NO4/c21-17(15-8-7-13-4-1-2-5-14(13)12-15)9-10-18(22)20-11-3-6-16(20)19(23)24/h7-8,12,16H,1-6,9-11H2,(H,23,24). The quantitative estimate of drug-likeness (QED) is 0.843. The van der Waals surface area contributed by atoms with E-state index in [1.807, 2.05) is 18.2 Å². The van der Waals surface area contributed by atoms with Gasteiger partial charge in [-0.25, -0.2) is 4.79 Å². The number of ketones is 1. The van der Waals surface area contributed by atoms with Crippen molar-refractivity contribution in [1.29, 1.82) is 0 Å². The van der Waals surface area contributed by atoms with E-state index in [1.54, 1.807) is 0 Å². The Bertz CT molecular complexity index is 667. The Morgan fingerprint density at radius 1 is 1.04 bits per heavy atom. The van der Waals surface area contributed by atoms with Crippen molar-refractivity contribution in [3.05, 3.63) is 34.9 Å². The van der Waals surface area contributed by atoms with Crippen LogP contribution in [-0.4, -0.2) is 40.3 Å². The Morgan fingerprint density at radius 2 is 1.79 bits per heavy atom. The molecule has 1 amide bonds. The van der Waals surface area contributed by atoms with Crippen molar-refractivity contribution in [2.75, 3.05) is 6.54 Å². The Kier molecular flexibility index (Phi) is 4.97. The summed E-state index contributed by atoms with van der Waals surface area (Å²) in [5, 5.41) is 9.14. The van der Waals surface area contributed by atoms with Crippen LogP contribution in [0.5, 0.6) is 0 Å². The monoisotopic (exact) mass is 329 g/mol. The van der Waals surface area contributed by atoms with E-state index in [0.29, 0.717) is 24.9 Å². The highest BCUT2D eigenvalue weighted by molar-refractivity contribution is 5.98. The number of nitrogens with zero attached hydrogens (tertiary/aromatic N) is 1. The first kappa shape index (κ1) is 16.7. The molecule has 0 saturated carbocycles. The lowest BCUT2D eigenvalue weighted by Gasteiger charge is -2.21. The summed E-state index contributed by atoms with van der Waals surface area (Å²) >= 11 is 0. The van der Waals surface area contributed by atoms with Gasteiger partial charge in [0.2, 0.25) is 5.91 Å². The van der Waals surface area contributed by atoms with Gasteiger partial charge in [0, 0.05) is 24.9 Å². The van der Waals surface area contributed by atoms with E-state index in [0.717, 1.165) is 19.3 Å². The van der Waals surface area contributed by atoms with Gasteiger partial charge >= 0.3 is 5.97 Å². The largest absolute Gasteiger partial charge is 0.480 e. The number of Topliss-reactive ketones (excluding diaryl/α,β-unsaturated/α-hetero) is 1. The molecular weight excluding hydrogens is 306 g/mol. The molecule has 1 saturated heterocycles. The second-order valence-electron chi connectivity index (χ2n) is 6.70. The molecule has 1 fully saturated rings. The summed E-state index contributed by atoms with van der Waals surface area (Å²) in [6.07, 6.45) is 5.89. The average molecular weight is 329 g/mol. The third-order valence-electron chi connectivity index (χ3n) is 5.09. The molecule has 2 aliphatic rings. The topological polar surface area (TPSA) is 74.7 Å². The van der Waals surface area contributed by atoms with Crippen LogP contribution in [0.4, 0.5) is 0 Å². The summed E-state index contributed by atoms with van der Waals surface area (Å²) in [4.78, 5) is 37.2. The van der Waals surface area contributed by atoms with Crippen molar-refractivity contribution in [2.24, 2.45) is 0 Å². The zero-order chi connectivity index (χ0) is 17.1. The van der Waals surface area contributed by atoms with E-state index in [9.17, 15) is 14.4 Å². The highest BCUT2D eigenvalue weighted by Gasteiger charge is 2.33. The first-order valence-electron chi connectivity index (χ1n) is 8.73. The van der Waals surface area contributed by atoms with Crippen molar-refractivity contribution in [2.45, 2.75) is 57.4 Å². The fourth-order valence-electron chi connectivity index (χ4n) is 3.74. The predicted molar refractivity (Wildman–Crippen MR) is 89.0 cm³/mol. The molecule has 3 rings (SSSR count). The van der Waals surface area contributed by atoms with Crippen molar-refractivity contribution >= 4 is 17.7 Å². The first-order valence-corrected chi connectivity index (χ1v) is 8.73. The molecule has 5 heteroatoms. The summed E-state index contributed by atoms with van der Waals surface area (Å²) in [5.74, 6) is -1.23. The van der Waals surface area contributed by atoms with E-state index in [2.05, 4.69) is 0 Å². The van der Waals surface area contributed by atoms with Crippen LogP contribution < -0.4 is 0 Å². The van der Waals surface area contributed by atoms with Gasteiger partial charge in [-0.05, 0) is 55.7 Å². The molecule has 5 nitrogen and oxygen atoms in total. The van der Waals surface area contributed by atoms with Crippen molar-refractivity contribution < 1.29 is 19.5 Å². The van der Waals surface area contributed by atoms with Crippen LogP contribution in [0.1, 0.15) is 60.0 Å². The number of carbonyl (C=O) groups is 3. The number of benzene rings is 1. The van der Waals surface area contributed by atoms with Gasteiger partial charge in [-0.1, -0.05) is 12.1 Å². The summed E-state index contributed by atoms with van der Waals surface area (Å²) in [6, 6.07) is 5.13. The summed E-state index contributed by atoms with van der Waals surface area (Å²) in [7, 11) is 0. The SMILES string of the molecule is O=C(CCC(=O)N1CCCC1C(=O)O)c1ccc2c(c1)CCCC2. The number of carbonyl (C=O) groups excluding carboxylic acids is 2. The van der Waals surface area contributed by atoms with Crippen LogP contribution in [0, 0.1) is 0 Å². The molecule has 0 radical (unpaired) electrons. The highest BCUT2D eigenvalue weighted by atomic mass is 16.4. The number of likely N-dealkylation sites (tertiary alicyclic amines) is 1. The molecule has 0 bridgehead atoms. The molecule has 1 heterocycles. The fourth-order valence-corrected chi connectivity index (χ4v) is 3.74. The number of aryl methyl sites for hydroxylation is 2. The number of carboxylic acids is 1. The van der Waals surface area contributed by atoms with Gasteiger partial charge in [-0.2, -0.15) is 0 Å². The molecule has 24 heavy (non-hydrogen) atoms. The predicted octanol–water partition coefficient (Wildman–Crippen LogP) is 2.60. The second-order valence-corrected chi connectivity index (χ2v) is 6.70. The van der Waals surface area contributed by atoms with Crippen LogP contribution in [0.25, 0.3) is 0 Å².